The summed E-state index contributed by atoms with van der Waals surface area (Å²) in [5.41, 5.74) is 6.14. The number of rotatable bonds is 3. The Morgan fingerprint density at radius 2 is 2.19 bits per heavy atom. The van der Waals surface area contributed by atoms with E-state index in [0.717, 1.165) is 0 Å². The summed E-state index contributed by atoms with van der Waals surface area (Å²) in [5.74, 6) is 0.908. The molecule has 2 aromatic heterocycles. The predicted octanol–water partition coefficient (Wildman–Crippen LogP) is 1.52. The van der Waals surface area contributed by atoms with E-state index >= 15 is 0 Å². The molecular formula is C9H10N4O2S. The molecule has 2 aromatic rings. The van der Waals surface area contributed by atoms with Gasteiger partial charge in [0.05, 0.1) is 12.8 Å². The zero-order valence-electron chi connectivity index (χ0n) is 8.80. The van der Waals surface area contributed by atoms with Crippen molar-refractivity contribution in [2.24, 2.45) is 0 Å². The van der Waals surface area contributed by atoms with Crippen LogP contribution in [0.3, 0.4) is 0 Å². The van der Waals surface area contributed by atoms with E-state index in [1.165, 1.54) is 18.9 Å². The summed E-state index contributed by atoms with van der Waals surface area (Å²) >= 11 is 1.26. The molecule has 2 rings (SSSR count). The molecule has 2 heterocycles. The summed E-state index contributed by atoms with van der Waals surface area (Å²) in [7, 11) is 1.52. The van der Waals surface area contributed by atoms with Crippen LogP contribution in [0.4, 0.5) is 5.69 Å². The number of ether oxygens (including phenoxy) is 1. The lowest BCUT2D eigenvalue weighted by Gasteiger charge is -2.03. The Bertz CT molecular complexity index is 500. The fourth-order valence-corrected chi connectivity index (χ4v) is 1.75. The smallest absolute Gasteiger partial charge is 0.282 e. The van der Waals surface area contributed by atoms with E-state index in [4.69, 9.17) is 14.9 Å². The van der Waals surface area contributed by atoms with Crippen molar-refractivity contribution in [3.63, 3.8) is 0 Å². The third kappa shape index (κ3) is 2.25. The molecule has 0 saturated carbocycles. The van der Waals surface area contributed by atoms with Gasteiger partial charge >= 0.3 is 0 Å². The lowest BCUT2D eigenvalue weighted by Crippen LogP contribution is -1.95. The number of methoxy groups -OCH3 is 1. The van der Waals surface area contributed by atoms with Crippen LogP contribution in [0.5, 0.6) is 5.88 Å². The first kappa shape index (κ1) is 10.7. The maximum absolute atomic E-state index is 5.65. The number of hydrogen-bond donors (Lipinski definition) is 1. The van der Waals surface area contributed by atoms with Gasteiger partial charge in [0.2, 0.25) is 11.8 Å². The largest absolute Gasteiger partial charge is 0.480 e. The molecule has 0 aliphatic carbocycles. The monoisotopic (exact) mass is 238 g/mol. The molecule has 0 aliphatic rings. The van der Waals surface area contributed by atoms with E-state index in [1.54, 1.807) is 19.1 Å². The lowest BCUT2D eigenvalue weighted by molar-refractivity contribution is 0.396. The molecule has 84 valence electrons. The minimum Gasteiger partial charge on any atom is -0.480 e. The van der Waals surface area contributed by atoms with Gasteiger partial charge in [0, 0.05) is 6.92 Å². The van der Waals surface area contributed by atoms with Gasteiger partial charge in [-0.25, -0.2) is 4.98 Å². The normalized spacial score (nSPS) is 10.4. The highest BCUT2D eigenvalue weighted by atomic mass is 32.2. The molecule has 0 saturated heterocycles. The molecule has 0 radical (unpaired) electrons. The van der Waals surface area contributed by atoms with Crippen molar-refractivity contribution in [3.05, 3.63) is 18.0 Å². The minimum atomic E-state index is 0.390. The number of aryl methyl sites for hydroxylation is 1. The molecular weight excluding hydrogens is 228 g/mol. The molecule has 7 heteroatoms. The number of aromatic nitrogens is 3. The van der Waals surface area contributed by atoms with Crippen LogP contribution in [0.1, 0.15) is 5.89 Å². The highest BCUT2D eigenvalue weighted by molar-refractivity contribution is 7.99. The topological polar surface area (TPSA) is 87.1 Å². The molecule has 0 atom stereocenters. The Kier molecular flexibility index (Phi) is 2.95. The molecule has 0 unspecified atom stereocenters. The number of anilines is 1. The molecule has 16 heavy (non-hydrogen) atoms. The molecule has 0 bridgehead atoms. The zero-order valence-corrected chi connectivity index (χ0v) is 9.61. The van der Waals surface area contributed by atoms with Crippen molar-refractivity contribution < 1.29 is 9.15 Å². The number of nitrogens with zero attached hydrogens (tertiary/aromatic N) is 3. The van der Waals surface area contributed by atoms with Crippen molar-refractivity contribution in [3.8, 4) is 5.88 Å². The summed E-state index contributed by atoms with van der Waals surface area (Å²) in [5, 5.41) is 8.71. The SMILES string of the molecule is COc1nc(Sc2nnc(C)o2)ccc1N. The number of nitrogens with two attached hydrogens (primary N) is 1. The van der Waals surface area contributed by atoms with Crippen LogP contribution in [-0.2, 0) is 0 Å². The average molecular weight is 238 g/mol. The van der Waals surface area contributed by atoms with E-state index < -0.39 is 0 Å². The summed E-state index contributed by atoms with van der Waals surface area (Å²) < 4.78 is 10.2. The Morgan fingerprint density at radius 3 is 2.81 bits per heavy atom. The molecule has 0 fully saturated rings. The second-order valence-corrected chi connectivity index (χ2v) is 3.91. The average Bonchev–Trinajstić information content (AvgIpc) is 2.67. The summed E-state index contributed by atoms with van der Waals surface area (Å²) in [6, 6.07) is 3.49. The van der Waals surface area contributed by atoms with E-state index in [9.17, 15) is 0 Å². The van der Waals surface area contributed by atoms with Crippen LogP contribution in [0.2, 0.25) is 0 Å². The summed E-state index contributed by atoms with van der Waals surface area (Å²) in [6.07, 6.45) is 0. The van der Waals surface area contributed by atoms with E-state index in [-0.39, 0.29) is 0 Å². The predicted molar refractivity (Wildman–Crippen MR) is 58.4 cm³/mol. The van der Waals surface area contributed by atoms with Gasteiger partial charge in [-0.1, -0.05) is 0 Å². The zero-order chi connectivity index (χ0) is 11.5. The van der Waals surface area contributed by atoms with Crippen LogP contribution in [-0.4, -0.2) is 22.3 Å². The van der Waals surface area contributed by atoms with Gasteiger partial charge in [-0.3, -0.25) is 0 Å². The first-order chi connectivity index (χ1) is 7.69. The molecule has 2 N–H and O–H groups in total. The first-order valence-electron chi connectivity index (χ1n) is 4.47. The van der Waals surface area contributed by atoms with Crippen LogP contribution in [0.15, 0.2) is 26.8 Å². The standard InChI is InChI=1S/C9H10N4O2S/c1-5-12-13-9(15-5)16-7-4-3-6(10)8(11-7)14-2/h3-4H,10H2,1-2H3. The molecule has 0 amide bonds. The fourth-order valence-electron chi connectivity index (χ4n) is 1.06. The van der Waals surface area contributed by atoms with Crippen molar-refractivity contribution in [1.29, 1.82) is 0 Å². The van der Waals surface area contributed by atoms with Gasteiger partial charge in [-0.05, 0) is 23.9 Å². The summed E-state index contributed by atoms with van der Waals surface area (Å²) in [6.45, 7) is 1.73. The Labute approximate surface area is 96.2 Å². The third-order valence-electron chi connectivity index (χ3n) is 1.76. The molecule has 0 spiro atoms. The first-order valence-corrected chi connectivity index (χ1v) is 5.29. The second-order valence-electron chi connectivity index (χ2n) is 2.94. The number of nitrogen functional groups attached to an aromatic ring is 1. The van der Waals surface area contributed by atoms with Crippen LogP contribution >= 0.6 is 11.8 Å². The Balaban J connectivity index is 2.21. The van der Waals surface area contributed by atoms with E-state index in [2.05, 4.69) is 15.2 Å². The molecule has 0 aliphatic heterocycles. The van der Waals surface area contributed by atoms with Gasteiger partial charge < -0.3 is 14.9 Å². The van der Waals surface area contributed by atoms with Gasteiger partial charge in [-0.2, -0.15) is 0 Å². The lowest BCUT2D eigenvalue weighted by atomic mass is 10.4. The maximum Gasteiger partial charge on any atom is 0.282 e. The van der Waals surface area contributed by atoms with Crippen molar-refractivity contribution in [1.82, 2.24) is 15.2 Å². The van der Waals surface area contributed by atoms with E-state index in [1.807, 2.05) is 0 Å². The van der Waals surface area contributed by atoms with Crippen molar-refractivity contribution >= 4 is 17.4 Å². The Hall–Kier alpha value is -1.76. The highest BCUT2D eigenvalue weighted by Crippen LogP contribution is 2.28. The molecule has 6 nitrogen and oxygen atoms in total. The highest BCUT2D eigenvalue weighted by Gasteiger charge is 2.08. The Morgan fingerprint density at radius 1 is 1.38 bits per heavy atom. The van der Waals surface area contributed by atoms with E-state index in [0.29, 0.717) is 27.7 Å². The van der Waals surface area contributed by atoms with Gasteiger partial charge in [0.15, 0.2) is 0 Å². The van der Waals surface area contributed by atoms with Crippen molar-refractivity contribution in [2.75, 3.05) is 12.8 Å². The third-order valence-corrected chi connectivity index (χ3v) is 2.53. The maximum atomic E-state index is 5.65. The number of hydrogen-bond acceptors (Lipinski definition) is 7. The quantitative estimate of drug-likeness (QED) is 0.867. The minimum absolute atomic E-state index is 0.390. The van der Waals surface area contributed by atoms with Crippen LogP contribution < -0.4 is 10.5 Å². The van der Waals surface area contributed by atoms with Gasteiger partial charge in [-0.15, -0.1) is 10.2 Å². The van der Waals surface area contributed by atoms with Gasteiger partial charge in [0.1, 0.15) is 5.03 Å². The second kappa shape index (κ2) is 4.40. The van der Waals surface area contributed by atoms with Crippen LogP contribution in [0, 0.1) is 6.92 Å². The van der Waals surface area contributed by atoms with Crippen molar-refractivity contribution in [2.45, 2.75) is 17.2 Å². The van der Waals surface area contributed by atoms with Gasteiger partial charge in [0.25, 0.3) is 5.22 Å². The summed E-state index contributed by atoms with van der Waals surface area (Å²) in [4.78, 5) is 4.18. The van der Waals surface area contributed by atoms with Crippen LogP contribution in [0.25, 0.3) is 0 Å². The number of pyridine rings is 1. The fraction of sp³-hybridized carbons (Fsp3) is 0.222. The molecule has 0 aromatic carbocycles.